The molecule has 0 heterocycles. The molecule has 0 aromatic heterocycles. The monoisotopic (exact) mass is 155 g/mol. The van der Waals surface area contributed by atoms with Crippen LogP contribution >= 0.6 is 0 Å². The van der Waals surface area contributed by atoms with E-state index in [9.17, 15) is 0 Å². The van der Waals surface area contributed by atoms with Crippen molar-refractivity contribution >= 4 is 6.21 Å². The lowest BCUT2D eigenvalue weighted by Crippen LogP contribution is -2.08. The van der Waals surface area contributed by atoms with Gasteiger partial charge < -0.3 is 5.41 Å². The second-order valence-electron chi connectivity index (χ2n) is 4.19. The molecule has 1 heteroatoms. The molecule has 0 saturated heterocycles. The van der Waals surface area contributed by atoms with Gasteiger partial charge in [-0.3, -0.25) is 0 Å². The fraction of sp³-hybridized carbons (Fsp3) is 0.900. The molecule has 0 saturated carbocycles. The van der Waals surface area contributed by atoms with Gasteiger partial charge in [-0.2, -0.15) is 0 Å². The molecule has 1 nitrogen and oxygen atoms in total. The minimum Gasteiger partial charge on any atom is -0.313 e. The molecule has 0 rings (SSSR count). The summed E-state index contributed by atoms with van der Waals surface area (Å²) < 4.78 is 0. The molecule has 0 aromatic carbocycles. The van der Waals surface area contributed by atoms with E-state index in [1.807, 2.05) is 0 Å². The summed E-state index contributed by atoms with van der Waals surface area (Å²) in [7, 11) is 0. The molecule has 0 bridgehead atoms. The average molecular weight is 155 g/mol. The molecule has 0 aliphatic carbocycles. The van der Waals surface area contributed by atoms with Gasteiger partial charge in [0.15, 0.2) is 0 Å². The zero-order valence-corrected chi connectivity index (χ0v) is 8.22. The first-order valence-electron chi connectivity index (χ1n) is 4.56. The van der Waals surface area contributed by atoms with Gasteiger partial charge >= 0.3 is 0 Å². The molecular formula is C10H21N. The van der Waals surface area contributed by atoms with Crippen LogP contribution in [0.3, 0.4) is 0 Å². The van der Waals surface area contributed by atoms with Crippen molar-refractivity contribution in [2.45, 2.75) is 40.5 Å². The van der Waals surface area contributed by atoms with Gasteiger partial charge in [0.25, 0.3) is 0 Å². The van der Waals surface area contributed by atoms with E-state index in [0.717, 1.165) is 11.8 Å². The van der Waals surface area contributed by atoms with Crippen LogP contribution in [0.15, 0.2) is 0 Å². The first-order valence-corrected chi connectivity index (χ1v) is 4.56. The van der Waals surface area contributed by atoms with E-state index in [1.165, 1.54) is 12.8 Å². The SMILES string of the molecule is CC(C)CC(C=N)CC(C)C. The van der Waals surface area contributed by atoms with E-state index >= 15 is 0 Å². The van der Waals surface area contributed by atoms with E-state index in [0.29, 0.717) is 5.92 Å². The normalized spacial score (nSPS) is 11.5. The van der Waals surface area contributed by atoms with Gasteiger partial charge in [0, 0.05) is 0 Å². The maximum atomic E-state index is 7.22. The van der Waals surface area contributed by atoms with Crippen LogP contribution in [0.5, 0.6) is 0 Å². The fourth-order valence-electron chi connectivity index (χ4n) is 1.44. The van der Waals surface area contributed by atoms with Crippen LogP contribution in [0.25, 0.3) is 0 Å². The lowest BCUT2D eigenvalue weighted by molar-refractivity contribution is 0.423. The summed E-state index contributed by atoms with van der Waals surface area (Å²) >= 11 is 0. The summed E-state index contributed by atoms with van der Waals surface area (Å²) in [5.74, 6) is 1.95. The van der Waals surface area contributed by atoms with Crippen LogP contribution in [0, 0.1) is 23.2 Å². The summed E-state index contributed by atoms with van der Waals surface area (Å²) in [6.07, 6.45) is 3.95. The lowest BCUT2D eigenvalue weighted by atomic mass is 9.90. The Balaban J connectivity index is 3.67. The molecule has 0 radical (unpaired) electrons. The zero-order chi connectivity index (χ0) is 8.85. The van der Waals surface area contributed by atoms with E-state index < -0.39 is 0 Å². The molecule has 0 amide bonds. The van der Waals surface area contributed by atoms with Gasteiger partial charge in [-0.25, -0.2) is 0 Å². The number of hydrogen-bond donors (Lipinski definition) is 1. The van der Waals surface area contributed by atoms with E-state index in [2.05, 4.69) is 27.7 Å². The molecule has 0 aliphatic rings. The van der Waals surface area contributed by atoms with Gasteiger partial charge in [0.05, 0.1) is 0 Å². The fourth-order valence-corrected chi connectivity index (χ4v) is 1.44. The Labute approximate surface area is 70.7 Å². The van der Waals surface area contributed by atoms with Crippen molar-refractivity contribution in [3.63, 3.8) is 0 Å². The quantitative estimate of drug-likeness (QED) is 0.589. The molecule has 11 heavy (non-hydrogen) atoms. The van der Waals surface area contributed by atoms with Gasteiger partial charge in [0.2, 0.25) is 0 Å². The first-order chi connectivity index (χ1) is 5.06. The van der Waals surface area contributed by atoms with Crippen molar-refractivity contribution in [1.82, 2.24) is 0 Å². The third-order valence-corrected chi connectivity index (χ3v) is 1.78. The zero-order valence-electron chi connectivity index (χ0n) is 8.22. The van der Waals surface area contributed by atoms with E-state index in [-0.39, 0.29) is 0 Å². The van der Waals surface area contributed by atoms with Crippen molar-refractivity contribution in [3.05, 3.63) is 0 Å². The van der Waals surface area contributed by atoms with Gasteiger partial charge in [0.1, 0.15) is 0 Å². The Morgan fingerprint density at radius 1 is 1.00 bits per heavy atom. The second-order valence-corrected chi connectivity index (χ2v) is 4.19. The van der Waals surface area contributed by atoms with Crippen LogP contribution in [0.4, 0.5) is 0 Å². The van der Waals surface area contributed by atoms with Gasteiger partial charge in [-0.1, -0.05) is 27.7 Å². The highest BCUT2D eigenvalue weighted by molar-refractivity contribution is 5.56. The number of rotatable bonds is 5. The van der Waals surface area contributed by atoms with Crippen LogP contribution in [-0.2, 0) is 0 Å². The van der Waals surface area contributed by atoms with Crippen LogP contribution in [-0.4, -0.2) is 6.21 Å². The highest BCUT2D eigenvalue weighted by Gasteiger charge is 2.09. The van der Waals surface area contributed by atoms with E-state index in [1.54, 1.807) is 6.21 Å². The largest absolute Gasteiger partial charge is 0.313 e. The molecule has 0 aromatic rings. The summed E-state index contributed by atoms with van der Waals surface area (Å²) in [6.45, 7) is 8.88. The van der Waals surface area contributed by atoms with Gasteiger partial charge in [-0.15, -0.1) is 0 Å². The first kappa shape index (κ1) is 10.7. The molecule has 0 fully saturated rings. The molecule has 0 aliphatic heterocycles. The maximum Gasteiger partial charge on any atom is -0.00165 e. The third kappa shape index (κ3) is 6.08. The maximum absolute atomic E-state index is 7.22. The third-order valence-electron chi connectivity index (χ3n) is 1.78. The minimum absolute atomic E-state index is 0.509. The van der Waals surface area contributed by atoms with Crippen LogP contribution in [0.1, 0.15) is 40.5 Å². The molecule has 66 valence electrons. The molecule has 0 unspecified atom stereocenters. The standard InChI is InChI=1S/C10H21N/c1-8(2)5-10(7-11)6-9(3)4/h7-11H,5-6H2,1-4H3. The number of nitrogens with one attached hydrogen (secondary N) is 1. The number of hydrogen-bond acceptors (Lipinski definition) is 1. The Hall–Kier alpha value is -0.330. The average Bonchev–Trinajstić information content (AvgIpc) is 1.84. The highest BCUT2D eigenvalue weighted by Crippen LogP contribution is 2.17. The molecule has 0 atom stereocenters. The summed E-state index contributed by atoms with van der Waals surface area (Å²) in [5, 5.41) is 7.22. The Morgan fingerprint density at radius 2 is 1.36 bits per heavy atom. The molecule has 0 spiro atoms. The Bertz CT molecular complexity index is 95.4. The van der Waals surface area contributed by atoms with E-state index in [4.69, 9.17) is 5.41 Å². The molecular weight excluding hydrogens is 134 g/mol. The lowest BCUT2D eigenvalue weighted by Gasteiger charge is -2.15. The van der Waals surface area contributed by atoms with Crippen LogP contribution < -0.4 is 0 Å². The van der Waals surface area contributed by atoms with Crippen molar-refractivity contribution in [2.75, 3.05) is 0 Å². The van der Waals surface area contributed by atoms with Crippen molar-refractivity contribution in [2.24, 2.45) is 17.8 Å². The van der Waals surface area contributed by atoms with Gasteiger partial charge in [-0.05, 0) is 36.8 Å². The summed E-state index contributed by atoms with van der Waals surface area (Å²) in [6, 6.07) is 0. The Morgan fingerprint density at radius 3 is 1.55 bits per heavy atom. The molecule has 1 N–H and O–H groups in total. The topological polar surface area (TPSA) is 23.9 Å². The predicted octanol–water partition coefficient (Wildman–Crippen LogP) is 3.34. The minimum atomic E-state index is 0.509. The Kier molecular flexibility index (Phi) is 5.18. The summed E-state index contributed by atoms with van der Waals surface area (Å²) in [5.41, 5.74) is 0. The summed E-state index contributed by atoms with van der Waals surface area (Å²) in [4.78, 5) is 0. The van der Waals surface area contributed by atoms with Crippen molar-refractivity contribution < 1.29 is 0 Å². The second kappa shape index (κ2) is 5.34. The van der Waals surface area contributed by atoms with Crippen molar-refractivity contribution in [3.8, 4) is 0 Å². The van der Waals surface area contributed by atoms with Crippen LogP contribution in [0.2, 0.25) is 0 Å². The highest BCUT2D eigenvalue weighted by atomic mass is 14.4. The predicted molar refractivity (Wildman–Crippen MR) is 51.2 cm³/mol. The smallest absolute Gasteiger partial charge is 0.00165 e. The van der Waals surface area contributed by atoms with Crippen molar-refractivity contribution in [1.29, 1.82) is 5.41 Å².